The second-order valence-electron chi connectivity index (χ2n) is 5.98. The lowest BCUT2D eigenvalue weighted by molar-refractivity contribution is -0.109. The van der Waals surface area contributed by atoms with Gasteiger partial charge in [-0.15, -0.1) is 0 Å². The standard InChI is InChI=1S/C18H20F2N2O/c19-18(20)9-14(10-18)11-21-12-15-5-1-2-7-17(15)23-13-16-6-3-4-8-22-16/h1-8,14,21H,9-13H2. The maximum atomic E-state index is 12.8. The van der Waals surface area contributed by atoms with Crippen LogP contribution in [0.25, 0.3) is 0 Å². The molecule has 5 heteroatoms. The van der Waals surface area contributed by atoms with Crippen LogP contribution in [0.15, 0.2) is 48.7 Å². The van der Waals surface area contributed by atoms with Gasteiger partial charge in [0.2, 0.25) is 5.92 Å². The molecule has 23 heavy (non-hydrogen) atoms. The normalized spacial score (nSPS) is 16.8. The molecule has 1 saturated carbocycles. The lowest BCUT2D eigenvalue weighted by Crippen LogP contribution is -2.40. The number of hydrogen-bond acceptors (Lipinski definition) is 3. The predicted molar refractivity (Wildman–Crippen MR) is 84.4 cm³/mol. The van der Waals surface area contributed by atoms with Crippen molar-refractivity contribution in [3.05, 3.63) is 59.9 Å². The fraction of sp³-hybridized carbons (Fsp3) is 0.389. The molecule has 1 aromatic carbocycles. The Balaban J connectivity index is 1.49. The van der Waals surface area contributed by atoms with Crippen LogP contribution in [0.3, 0.4) is 0 Å². The Hall–Kier alpha value is -2.01. The summed E-state index contributed by atoms with van der Waals surface area (Å²) < 4.78 is 31.5. The highest BCUT2D eigenvalue weighted by atomic mass is 19.3. The molecule has 1 heterocycles. The van der Waals surface area contributed by atoms with Gasteiger partial charge in [-0.3, -0.25) is 4.98 Å². The van der Waals surface area contributed by atoms with Gasteiger partial charge >= 0.3 is 0 Å². The molecule has 0 amide bonds. The molecule has 0 radical (unpaired) electrons. The summed E-state index contributed by atoms with van der Waals surface area (Å²) in [5.74, 6) is -1.58. The number of pyridine rings is 1. The third-order valence-corrected chi connectivity index (χ3v) is 4.00. The van der Waals surface area contributed by atoms with Crippen LogP contribution in [0.1, 0.15) is 24.1 Å². The fourth-order valence-electron chi connectivity index (χ4n) is 2.77. The molecule has 1 aliphatic rings. The third kappa shape index (κ3) is 4.48. The van der Waals surface area contributed by atoms with Crippen LogP contribution in [0, 0.1) is 5.92 Å². The van der Waals surface area contributed by atoms with E-state index in [-0.39, 0.29) is 18.8 Å². The van der Waals surface area contributed by atoms with Crippen LogP contribution in [0.4, 0.5) is 8.78 Å². The number of alkyl halides is 2. The van der Waals surface area contributed by atoms with Crippen molar-refractivity contribution >= 4 is 0 Å². The number of ether oxygens (including phenoxy) is 1. The minimum atomic E-state index is -2.45. The van der Waals surface area contributed by atoms with Gasteiger partial charge in [-0.1, -0.05) is 24.3 Å². The summed E-state index contributed by atoms with van der Waals surface area (Å²) in [5, 5.41) is 3.25. The zero-order chi connectivity index (χ0) is 16.1. The second kappa shape index (κ2) is 7.04. The molecule has 2 aromatic rings. The van der Waals surface area contributed by atoms with Gasteiger partial charge in [0.25, 0.3) is 0 Å². The van der Waals surface area contributed by atoms with E-state index >= 15 is 0 Å². The first kappa shape index (κ1) is 15.9. The van der Waals surface area contributed by atoms with Gasteiger partial charge in [-0.05, 0) is 30.7 Å². The van der Waals surface area contributed by atoms with E-state index < -0.39 is 5.92 Å². The SMILES string of the molecule is FC1(F)CC(CNCc2ccccc2OCc2ccccn2)C1. The highest BCUT2D eigenvalue weighted by molar-refractivity contribution is 5.33. The Morgan fingerprint density at radius 1 is 1.13 bits per heavy atom. The van der Waals surface area contributed by atoms with Crippen LogP contribution in [-0.2, 0) is 13.2 Å². The van der Waals surface area contributed by atoms with Crippen molar-refractivity contribution in [1.82, 2.24) is 10.3 Å². The van der Waals surface area contributed by atoms with Crippen molar-refractivity contribution in [3.63, 3.8) is 0 Å². The highest BCUT2D eigenvalue weighted by Crippen LogP contribution is 2.41. The number of nitrogens with one attached hydrogen (secondary N) is 1. The first-order chi connectivity index (χ1) is 11.1. The average molecular weight is 318 g/mol. The van der Waals surface area contributed by atoms with Gasteiger partial charge in [-0.25, -0.2) is 8.78 Å². The minimum Gasteiger partial charge on any atom is -0.487 e. The minimum absolute atomic E-state index is 0.00216. The maximum absolute atomic E-state index is 12.8. The van der Waals surface area contributed by atoms with Crippen molar-refractivity contribution in [2.75, 3.05) is 6.54 Å². The van der Waals surface area contributed by atoms with Gasteiger partial charge in [0, 0.05) is 31.1 Å². The molecule has 0 bridgehead atoms. The van der Waals surface area contributed by atoms with E-state index in [4.69, 9.17) is 4.74 Å². The largest absolute Gasteiger partial charge is 0.487 e. The smallest absolute Gasteiger partial charge is 0.248 e. The predicted octanol–water partition coefficient (Wildman–Crippen LogP) is 3.80. The monoisotopic (exact) mass is 318 g/mol. The zero-order valence-corrected chi connectivity index (χ0v) is 12.8. The van der Waals surface area contributed by atoms with Crippen LogP contribution >= 0.6 is 0 Å². The summed E-state index contributed by atoms with van der Waals surface area (Å²) in [5.41, 5.74) is 1.89. The van der Waals surface area contributed by atoms with Crippen molar-refractivity contribution in [2.24, 2.45) is 5.92 Å². The number of para-hydroxylation sites is 1. The Labute approximate surface area is 134 Å². The number of halogens is 2. The molecule has 122 valence electrons. The summed E-state index contributed by atoms with van der Waals surface area (Å²) in [6, 6.07) is 13.5. The Kier molecular flexibility index (Phi) is 4.86. The average Bonchev–Trinajstić information content (AvgIpc) is 2.53. The summed E-state index contributed by atoms with van der Waals surface area (Å²) in [6.07, 6.45) is 1.73. The van der Waals surface area contributed by atoms with Crippen LogP contribution in [0.2, 0.25) is 0 Å². The van der Waals surface area contributed by atoms with Crippen LogP contribution < -0.4 is 10.1 Å². The van der Waals surface area contributed by atoms with Gasteiger partial charge in [0.1, 0.15) is 12.4 Å². The lowest BCUT2D eigenvalue weighted by Gasteiger charge is -2.35. The first-order valence-corrected chi connectivity index (χ1v) is 7.81. The van der Waals surface area contributed by atoms with Crippen molar-refractivity contribution in [3.8, 4) is 5.75 Å². The quantitative estimate of drug-likeness (QED) is 0.843. The summed E-state index contributed by atoms with van der Waals surface area (Å²) >= 11 is 0. The molecule has 1 fully saturated rings. The zero-order valence-electron chi connectivity index (χ0n) is 12.8. The number of hydrogen-bond donors (Lipinski definition) is 1. The van der Waals surface area contributed by atoms with Gasteiger partial charge in [-0.2, -0.15) is 0 Å². The molecule has 0 saturated heterocycles. The summed E-state index contributed by atoms with van der Waals surface area (Å²) in [4.78, 5) is 4.23. The second-order valence-corrected chi connectivity index (χ2v) is 5.98. The molecule has 3 rings (SSSR count). The number of rotatable bonds is 7. The highest BCUT2D eigenvalue weighted by Gasteiger charge is 2.44. The van der Waals surface area contributed by atoms with Gasteiger partial charge in [0.15, 0.2) is 0 Å². The first-order valence-electron chi connectivity index (χ1n) is 7.81. The Morgan fingerprint density at radius 2 is 1.91 bits per heavy atom. The van der Waals surface area contributed by atoms with Gasteiger partial charge < -0.3 is 10.1 Å². The molecule has 1 aliphatic carbocycles. The van der Waals surface area contributed by atoms with Crippen molar-refractivity contribution in [1.29, 1.82) is 0 Å². The van der Waals surface area contributed by atoms with E-state index in [1.165, 1.54) is 0 Å². The molecule has 0 unspecified atom stereocenters. The number of benzene rings is 1. The summed E-state index contributed by atoms with van der Waals surface area (Å²) in [7, 11) is 0. The molecule has 3 nitrogen and oxygen atoms in total. The number of nitrogens with zero attached hydrogens (tertiary/aromatic N) is 1. The van der Waals surface area contributed by atoms with Crippen LogP contribution in [0.5, 0.6) is 5.75 Å². The number of aromatic nitrogens is 1. The summed E-state index contributed by atoms with van der Waals surface area (Å²) in [6.45, 7) is 1.64. The molecule has 1 N–H and O–H groups in total. The topological polar surface area (TPSA) is 34.1 Å². The molecule has 0 aliphatic heterocycles. The van der Waals surface area contributed by atoms with E-state index in [0.29, 0.717) is 19.7 Å². The Morgan fingerprint density at radius 3 is 2.65 bits per heavy atom. The van der Waals surface area contributed by atoms with Gasteiger partial charge in [0.05, 0.1) is 5.69 Å². The van der Waals surface area contributed by atoms with E-state index in [0.717, 1.165) is 17.0 Å². The molecular formula is C18H20F2N2O. The molecule has 0 spiro atoms. The maximum Gasteiger partial charge on any atom is 0.248 e. The Bertz CT molecular complexity index is 626. The van der Waals surface area contributed by atoms with E-state index in [9.17, 15) is 8.78 Å². The van der Waals surface area contributed by atoms with Crippen LogP contribution in [-0.4, -0.2) is 17.5 Å². The molecule has 0 atom stereocenters. The van der Waals surface area contributed by atoms with E-state index in [2.05, 4.69) is 10.3 Å². The van der Waals surface area contributed by atoms with E-state index in [1.807, 2.05) is 42.5 Å². The lowest BCUT2D eigenvalue weighted by atomic mass is 9.81. The fourth-order valence-corrected chi connectivity index (χ4v) is 2.77. The van der Waals surface area contributed by atoms with Crippen molar-refractivity contribution < 1.29 is 13.5 Å². The third-order valence-electron chi connectivity index (χ3n) is 4.00. The van der Waals surface area contributed by atoms with Crippen molar-refractivity contribution in [2.45, 2.75) is 31.9 Å². The molecule has 1 aromatic heterocycles. The molecular weight excluding hydrogens is 298 g/mol. The van der Waals surface area contributed by atoms with E-state index in [1.54, 1.807) is 6.20 Å².